The number of hydrogen-bond donors (Lipinski definition) is 2. The molecule has 0 aliphatic rings. The van der Waals surface area contributed by atoms with Crippen LogP contribution in [-0.2, 0) is 6.18 Å². The van der Waals surface area contributed by atoms with Gasteiger partial charge in [0.25, 0.3) is 11.8 Å². The molecule has 34 heavy (non-hydrogen) atoms. The van der Waals surface area contributed by atoms with E-state index in [1.165, 1.54) is 18.3 Å². The molecule has 1 heterocycles. The van der Waals surface area contributed by atoms with Crippen molar-refractivity contribution >= 4 is 58.5 Å². The second kappa shape index (κ2) is 10.4. The van der Waals surface area contributed by atoms with Crippen molar-refractivity contribution in [1.29, 1.82) is 0 Å². The Bertz CT molecular complexity index is 1300. The first kappa shape index (κ1) is 25.5. The highest BCUT2D eigenvalue weighted by Gasteiger charge is 2.32. The molecule has 3 aromatic rings. The number of amides is 2. The number of rotatable bonds is 5. The van der Waals surface area contributed by atoms with E-state index in [0.717, 1.165) is 0 Å². The van der Waals surface area contributed by atoms with Crippen LogP contribution in [0.2, 0.25) is 15.1 Å². The number of carbonyl (C=O) groups is 2. The molecule has 0 spiro atoms. The number of alkyl halides is 3. The van der Waals surface area contributed by atoms with Gasteiger partial charge in [-0.2, -0.15) is 18.3 Å². The van der Waals surface area contributed by atoms with Crippen molar-refractivity contribution in [2.45, 2.75) is 13.1 Å². The Morgan fingerprint density at radius 2 is 1.74 bits per heavy atom. The largest absolute Gasteiger partial charge is 0.417 e. The average molecular weight is 530 g/mol. The molecule has 0 bridgehead atoms. The second-order valence-electron chi connectivity index (χ2n) is 6.87. The lowest BCUT2D eigenvalue weighted by molar-refractivity contribution is -0.137. The van der Waals surface area contributed by atoms with E-state index in [-0.39, 0.29) is 16.3 Å². The van der Waals surface area contributed by atoms with Crippen LogP contribution in [0.25, 0.3) is 0 Å². The number of nitrogens with zero attached hydrogens (tertiary/aromatic N) is 2. The van der Waals surface area contributed by atoms with Gasteiger partial charge >= 0.3 is 6.18 Å². The molecule has 1 aromatic heterocycles. The van der Waals surface area contributed by atoms with Crippen molar-refractivity contribution in [3.05, 3.63) is 91.7 Å². The predicted octanol–water partition coefficient (Wildman–Crippen LogP) is 6.39. The van der Waals surface area contributed by atoms with Gasteiger partial charge in [-0.25, -0.2) is 10.4 Å². The smallest absolute Gasteiger partial charge is 0.320 e. The maximum atomic E-state index is 12.8. The van der Waals surface area contributed by atoms with E-state index in [0.29, 0.717) is 28.4 Å². The molecule has 0 saturated carbocycles. The fourth-order valence-electron chi connectivity index (χ4n) is 2.82. The van der Waals surface area contributed by atoms with Crippen molar-refractivity contribution in [2.24, 2.45) is 5.10 Å². The molecule has 0 saturated heterocycles. The third kappa shape index (κ3) is 6.05. The SMILES string of the molecule is Cc1cc(Cl)cc(C(=O)NN=Cc2ccccc2Cl)c1NC(=O)c1ncc(C(F)(F)F)cc1Cl. The molecule has 2 amide bonds. The number of hydrogen-bond acceptors (Lipinski definition) is 4. The molecule has 2 N–H and O–H groups in total. The van der Waals surface area contributed by atoms with Crippen molar-refractivity contribution in [3.8, 4) is 0 Å². The van der Waals surface area contributed by atoms with Gasteiger partial charge in [-0.15, -0.1) is 0 Å². The summed E-state index contributed by atoms with van der Waals surface area (Å²) >= 11 is 18.0. The van der Waals surface area contributed by atoms with E-state index >= 15 is 0 Å². The van der Waals surface area contributed by atoms with Gasteiger partial charge < -0.3 is 5.32 Å². The summed E-state index contributed by atoms with van der Waals surface area (Å²) in [5.41, 5.74) is 1.73. The molecule has 0 fully saturated rings. The predicted molar refractivity (Wildman–Crippen MR) is 125 cm³/mol. The third-order valence-corrected chi connectivity index (χ3v) is 5.29. The van der Waals surface area contributed by atoms with Crippen molar-refractivity contribution < 1.29 is 22.8 Å². The Kier molecular flexibility index (Phi) is 7.81. The number of anilines is 1. The molecule has 0 aliphatic heterocycles. The summed E-state index contributed by atoms with van der Waals surface area (Å²) in [4.78, 5) is 29.0. The Morgan fingerprint density at radius 1 is 1.03 bits per heavy atom. The quantitative estimate of drug-likeness (QED) is 0.297. The van der Waals surface area contributed by atoms with E-state index in [1.54, 1.807) is 31.2 Å². The summed E-state index contributed by atoms with van der Waals surface area (Å²) in [7, 11) is 0. The fraction of sp³-hybridized carbons (Fsp3) is 0.0909. The molecule has 3 rings (SSSR count). The molecular formula is C22H14Cl3F3N4O2. The molecule has 6 nitrogen and oxygen atoms in total. The van der Waals surface area contributed by atoms with Gasteiger partial charge in [0.2, 0.25) is 0 Å². The van der Waals surface area contributed by atoms with E-state index < -0.39 is 34.3 Å². The minimum atomic E-state index is -4.67. The van der Waals surface area contributed by atoms with Gasteiger partial charge in [0, 0.05) is 21.8 Å². The van der Waals surface area contributed by atoms with Gasteiger partial charge in [-0.05, 0) is 36.8 Å². The maximum absolute atomic E-state index is 12.8. The number of halogens is 6. The molecule has 2 aromatic carbocycles. The lowest BCUT2D eigenvalue weighted by atomic mass is 10.1. The number of pyridine rings is 1. The molecule has 0 radical (unpaired) electrons. The van der Waals surface area contributed by atoms with Gasteiger partial charge in [0.1, 0.15) is 5.69 Å². The molecule has 0 atom stereocenters. The van der Waals surface area contributed by atoms with Crippen LogP contribution in [0, 0.1) is 6.92 Å². The Labute approximate surface area is 206 Å². The summed E-state index contributed by atoms with van der Waals surface area (Å²) in [6.45, 7) is 1.58. The summed E-state index contributed by atoms with van der Waals surface area (Å²) in [5, 5.41) is 6.45. The van der Waals surface area contributed by atoms with Gasteiger partial charge in [0.05, 0.1) is 28.1 Å². The number of nitrogens with one attached hydrogen (secondary N) is 2. The molecule has 0 unspecified atom stereocenters. The highest BCUT2D eigenvalue weighted by atomic mass is 35.5. The maximum Gasteiger partial charge on any atom is 0.417 e. The molecule has 12 heteroatoms. The van der Waals surface area contributed by atoms with E-state index in [2.05, 4.69) is 20.8 Å². The summed E-state index contributed by atoms with van der Waals surface area (Å²) in [5.74, 6) is -1.63. The van der Waals surface area contributed by atoms with Crippen LogP contribution in [0.3, 0.4) is 0 Å². The van der Waals surface area contributed by atoms with Gasteiger partial charge in [0.15, 0.2) is 0 Å². The van der Waals surface area contributed by atoms with Crippen LogP contribution >= 0.6 is 34.8 Å². The Morgan fingerprint density at radius 3 is 2.38 bits per heavy atom. The molecule has 0 aliphatic carbocycles. The first-order valence-corrected chi connectivity index (χ1v) is 10.5. The number of hydrazone groups is 1. The Balaban J connectivity index is 1.86. The summed E-state index contributed by atoms with van der Waals surface area (Å²) in [6, 6.07) is 10.2. The van der Waals surface area contributed by atoms with Crippen LogP contribution in [0.15, 0.2) is 53.8 Å². The van der Waals surface area contributed by atoms with Gasteiger partial charge in [-0.3, -0.25) is 9.59 Å². The first-order valence-electron chi connectivity index (χ1n) is 9.39. The lowest BCUT2D eigenvalue weighted by Gasteiger charge is -2.14. The van der Waals surface area contributed by atoms with Crippen molar-refractivity contribution in [3.63, 3.8) is 0 Å². The highest BCUT2D eigenvalue weighted by Crippen LogP contribution is 2.32. The molecular weight excluding hydrogens is 516 g/mol. The highest BCUT2D eigenvalue weighted by molar-refractivity contribution is 6.34. The number of aryl methyl sites for hydroxylation is 1. The van der Waals surface area contributed by atoms with E-state index in [4.69, 9.17) is 34.8 Å². The average Bonchev–Trinajstić information content (AvgIpc) is 2.75. The molecule has 176 valence electrons. The Hall–Kier alpha value is -3.14. The number of carbonyl (C=O) groups excluding carboxylic acids is 2. The van der Waals surface area contributed by atoms with Crippen molar-refractivity contribution in [2.75, 3.05) is 5.32 Å². The minimum Gasteiger partial charge on any atom is -0.320 e. The standard InChI is InChI=1S/C22H14Cl3F3N4O2/c1-11-6-14(23)8-15(20(33)32-30-9-12-4-2-3-5-16(12)24)18(11)31-21(34)19-17(25)7-13(10-29-19)22(26,27)28/h2-10H,1H3,(H,31,34)(H,32,33). The van der Waals surface area contributed by atoms with Crippen molar-refractivity contribution in [1.82, 2.24) is 10.4 Å². The topological polar surface area (TPSA) is 83.5 Å². The monoisotopic (exact) mass is 528 g/mol. The number of aromatic nitrogens is 1. The van der Waals surface area contributed by atoms with Crippen LogP contribution in [0.5, 0.6) is 0 Å². The van der Waals surface area contributed by atoms with Crippen LogP contribution < -0.4 is 10.7 Å². The zero-order valence-electron chi connectivity index (χ0n) is 17.2. The van der Waals surface area contributed by atoms with Crippen LogP contribution in [-0.4, -0.2) is 23.0 Å². The minimum absolute atomic E-state index is 0.0438. The van der Waals surface area contributed by atoms with E-state index in [9.17, 15) is 22.8 Å². The first-order chi connectivity index (χ1) is 16.0. The van der Waals surface area contributed by atoms with Gasteiger partial charge in [-0.1, -0.05) is 53.0 Å². The fourth-order valence-corrected chi connectivity index (χ4v) is 3.53. The third-order valence-electron chi connectivity index (χ3n) is 4.44. The van der Waals surface area contributed by atoms with Crippen LogP contribution in [0.4, 0.5) is 18.9 Å². The summed E-state index contributed by atoms with van der Waals surface area (Å²) in [6.07, 6.45) is -2.84. The second-order valence-corrected chi connectivity index (χ2v) is 8.12. The number of benzene rings is 2. The zero-order valence-corrected chi connectivity index (χ0v) is 19.4. The summed E-state index contributed by atoms with van der Waals surface area (Å²) < 4.78 is 38.5. The van der Waals surface area contributed by atoms with Crippen LogP contribution in [0.1, 0.15) is 37.5 Å². The normalized spacial score (nSPS) is 11.5. The lowest BCUT2D eigenvalue weighted by Crippen LogP contribution is -2.23. The van der Waals surface area contributed by atoms with E-state index in [1.807, 2.05) is 0 Å². The zero-order chi connectivity index (χ0) is 25.0.